The number of carbonyl (C=O) groups is 1. The molecule has 1 aliphatic heterocycles. The van der Waals surface area contributed by atoms with Gasteiger partial charge in [-0.15, -0.1) is 0 Å². The first-order valence-corrected chi connectivity index (χ1v) is 11.1. The number of ether oxygens (including phenoxy) is 3. The molecule has 0 saturated heterocycles. The fourth-order valence-corrected chi connectivity index (χ4v) is 3.97. The Morgan fingerprint density at radius 3 is 2.53 bits per heavy atom. The second-order valence-corrected chi connectivity index (χ2v) is 8.07. The number of nitrogens with zero attached hydrogens (tertiary/aromatic N) is 2. The molecule has 0 fully saturated rings. The zero-order valence-corrected chi connectivity index (χ0v) is 19.2. The maximum atomic E-state index is 12.5. The molecule has 0 N–H and O–H groups in total. The molecular formula is C27H21ClN2O4. The van der Waals surface area contributed by atoms with Gasteiger partial charge in [0.2, 0.25) is 5.90 Å². The van der Waals surface area contributed by atoms with Gasteiger partial charge in [0.15, 0.2) is 17.2 Å². The average molecular weight is 473 g/mol. The van der Waals surface area contributed by atoms with Gasteiger partial charge in [0.05, 0.1) is 13.7 Å². The Morgan fingerprint density at radius 2 is 1.74 bits per heavy atom. The average Bonchev–Trinajstić information content (AvgIpc) is 3.40. The zero-order chi connectivity index (χ0) is 23.5. The number of aromatic nitrogens is 1. The van der Waals surface area contributed by atoms with Gasteiger partial charge in [-0.2, -0.15) is 0 Å². The number of benzene rings is 3. The number of cyclic esters (lactones) is 1. The zero-order valence-electron chi connectivity index (χ0n) is 18.4. The number of methoxy groups -OCH3 is 1. The molecule has 0 unspecified atom stereocenters. The van der Waals surface area contributed by atoms with Crippen molar-refractivity contribution in [3.05, 3.63) is 101 Å². The minimum Gasteiger partial charge on any atom is -0.493 e. The maximum absolute atomic E-state index is 12.5. The van der Waals surface area contributed by atoms with Crippen molar-refractivity contribution in [3.8, 4) is 11.5 Å². The SMILES string of the molecule is COc1ccccc1OCCn1cc(/C=C2/N=C(c3ccc(Cl)cc3)OC2=O)c2ccccc21. The molecule has 34 heavy (non-hydrogen) atoms. The molecule has 1 aliphatic rings. The summed E-state index contributed by atoms with van der Waals surface area (Å²) in [7, 11) is 1.62. The maximum Gasteiger partial charge on any atom is 0.363 e. The summed E-state index contributed by atoms with van der Waals surface area (Å²) in [6.45, 7) is 1.07. The summed E-state index contributed by atoms with van der Waals surface area (Å²) in [4.78, 5) is 16.9. The van der Waals surface area contributed by atoms with E-state index in [0.29, 0.717) is 35.2 Å². The lowest BCUT2D eigenvalue weighted by molar-refractivity contribution is -0.129. The van der Waals surface area contributed by atoms with E-state index in [0.717, 1.165) is 16.5 Å². The van der Waals surface area contributed by atoms with Gasteiger partial charge in [0.1, 0.15) is 6.61 Å². The summed E-state index contributed by atoms with van der Waals surface area (Å²) in [6.07, 6.45) is 3.75. The van der Waals surface area contributed by atoms with Crippen LogP contribution in [0.1, 0.15) is 11.1 Å². The topological polar surface area (TPSA) is 62.1 Å². The van der Waals surface area contributed by atoms with Gasteiger partial charge in [0, 0.05) is 33.2 Å². The highest BCUT2D eigenvalue weighted by Crippen LogP contribution is 2.28. The Balaban J connectivity index is 1.40. The molecular weight excluding hydrogens is 452 g/mol. The molecule has 4 aromatic rings. The van der Waals surface area contributed by atoms with Crippen LogP contribution in [0.25, 0.3) is 17.0 Å². The minimum absolute atomic E-state index is 0.248. The van der Waals surface area contributed by atoms with Crippen LogP contribution in [0.5, 0.6) is 11.5 Å². The minimum atomic E-state index is -0.485. The number of aliphatic imine (C=N–C) groups is 1. The second kappa shape index (κ2) is 9.45. The Hall–Kier alpha value is -4.03. The normalized spacial score (nSPS) is 14.4. The van der Waals surface area contributed by atoms with Crippen molar-refractivity contribution < 1.29 is 19.0 Å². The van der Waals surface area contributed by atoms with Crippen molar-refractivity contribution in [2.24, 2.45) is 4.99 Å². The Kier molecular flexibility index (Phi) is 6.06. The summed E-state index contributed by atoms with van der Waals surface area (Å²) in [5.41, 5.74) is 2.85. The van der Waals surface area contributed by atoms with Gasteiger partial charge in [0.25, 0.3) is 0 Å². The fourth-order valence-electron chi connectivity index (χ4n) is 3.84. The third-order valence-corrected chi connectivity index (χ3v) is 5.73. The van der Waals surface area contributed by atoms with E-state index < -0.39 is 5.97 Å². The van der Waals surface area contributed by atoms with Gasteiger partial charge in [-0.3, -0.25) is 0 Å². The monoisotopic (exact) mass is 472 g/mol. The Bertz CT molecular complexity index is 1420. The molecule has 0 bridgehead atoms. The molecule has 0 atom stereocenters. The fraction of sp³-hybridized carbons (Fsp3) is 0.111. The van der Waals surface area contributed by atoms with Crippen LogP contribution < -0.4 is 9.47 Å². The molecule has 1 aromatic heterocycles. The third kappa shape index (κ3) is 4.40. The largest absolute Gasteiger partial charge is 0.493 e. The predicted octanol–water partition coefficient (Wildman–Crippen LogP) is 5.73. The second-order valence-electron chi connectivity index (χ2n) is 7.64. The summed E-state index contributed by atoms with van der Waals surface area (Å²) < 4.78 is 18.8. The molecule has 3 aromatic carbocycles. The predicted molar refractivity (Wildman–Crippen MR) is 132 cm³/mol. The standard InChI is InChI=1S/C27H21ClN2O4/c1-32-24-8-4-5-9-25(24)33-15-14-30-17-19(21-6-2-3-7-23(21)30)16-22-27(31)34-26(29-22)18-10-12-20(28)13-11-18/h2-13,16-17H,14-15H2,1H3/b22-16+. The number of carbonyl (C=O) groups excluding carboxylic acids is 1. The molecule has 0 saturated carbocycles. The molecule has 0 aliphatic carbocycles. The molecule has 0 radical (unpaired) electrons. The van der Waals surface area contributed by atoms with Crippen LogP contribution in [0.2, 0.25) is 5.02 Å². The highest BCUT2D eigenvalue weighted by atomic mass is 35.5. The Labute approximate surface area is 201 Å². The van der Waals surface area contributed by atoms with E-state index in [1.807, 2.05) is 54.7 Å². The highest BCUT2D eigenvalue weighted by Gasteiger charge is 2.24. The third-order valence-electron chi connectivity index (χ3n) is 5.48. The first kappa shape index (κ1) is 21.8. The van der Waals surface area contributed by atoms with Crippen LogP contribution in [-0.4, -0.2) is 30.2 Å². The summed E-state index contributed by atoms with van der Waals surface area (Å²) in [5.74, 6) is 1.17. The number of hydrogen-bond donors (Lipinski definition) is 0. The van der Waals surface area contributed by atoms with Crippen LogP contribution in [0.4, 0.5) is 0 Å². The highest BCUT2D eigenvalue weighted by molar-refractivity contribution is 6.30. The van der Waals surface area contributed by atoms with Crippen molar-refractivity contribution >= 4 is 40.4 Å². The summed E-state index contributed by atoms with van der Waals surface area (Å²) in [5, 5.41) is 1.61. The molecule has 170 valence electrons. The van der Waals surface area contributed by atoms with Crippen LogP contribution in [0.15, 0.2) is 89.7 Å². The van der Waals surface area contributed by atoms with E-state index in [4.69, 9.17) is 25.8 Å². The molecule has 0 spiro atoms. The number of para-hydroxylation sites is 3. The van der Waals surface area contributed by atoms with Gasteiger partial charge in [-0.25, -0.2) is 9.79 Å². The number of fused-ring (bicyclic) bond motifs is 1. The lowest BCUT2D eigenvalue weighted by Crippen LogP contribution is -2.07. The van der Waals surface area contributed by atoms with Crippen molar-refractivity contribution in [1.82, 2.24) is 4.57 Å². The molecule has 0 amide bonds. The van der Waals surface area contributed by atoms with E-state index in [2.05, 4.69) is 9.56 Å². The van der Waals surface area contributed by atoms with Gasteiger partial charge >= 0.3 is 5.97 Å². The quantitative estimate of drug-likeness (QED) is 0.254. The Morgan fingerprint density at radius 1 is 1.00 bits per heavy atom. The summed E-state index contributed by atoms with van der Waals surface area (Å²) >= 11 is 5.95. The molecule has 2 heterocycles. The van der Waals surface area contributed by atoms with Crippen molar-refractivity contribution in [2.45, 2.75) is 6.54 Å². The van der Waals surface area contributed by atoms with E-state index in [-0.39, 0.29) is 11.6 Å². The molecule has 7 heteroatoms. The number of halogens is 1. The van der Waals surface area contributed by atoms with Crippen LogP contribution in [0, 0.1) is 0 Å². The number of esters is 1. The first-order chi connectivity index (χ1) is 16.6. The lowest BCUT2D eigenvalue weighted by Gasteiger charge is -2.11. The molecule has 5 rings (SSSR count). The van der Waals surface area contributed by atoms with Crippen molar-refractivity contribution in [3.63, 3.8) is 0 Å². The van der Waals surface area contributed by atoms with Crippen LogP contribution in [-0.2, 0) is 16.1 Å². The first-order valence-electron chi connectivity index (χ1n) is 10.7. The van der Waals surface area contributed by atoms with Crippen LogP contribution in [0.3, 0.4) is 0 Å². The van der Waals surface area contributed by atoms with E-state index >= 15 is 0 Å². The van der Waals surface area contributed by atoms with Gasteiger partial charge < -0.3 is 18.8 Å². The van der Waals surface area contributed by atoms with E-state index in [1.54, 1.807) is 37.5 Å². The van der Waals surface area contributed by atoms with Gasteiger partial charge in [-0.1, -0.05) is 41.9 Å². The summed E-state index contributed by atoms with van der Waals surface area (Å²) in [6, 6.07) is 22.6. The number of rotatable bonds is 7. The van der Waals surface area contributed by atoms with Crippen molar-refractivity contribution in [1.29, 1.82) is 0 Å². The van der Waals surface area contributed by atoms with E-state index in [1.165, 1.54) is 0 Å². The van der Waals surface area contributed by atoms with Gasteiger partial charge in [-0.05, 0) is 48.5 Å². The smallest absolute Gasteiger partial charge is 0.363 e. The van der Waals surface area contributed by atoms with Crippen LogP contribution >= 0.6 is 11.6 Å². The van der Waals surface area contributed by atoms with E-state index in [9.17, 15) is 4.79 Å². The molecule has 6 nitrogen and oxygen atoms in total. The number of hydrogen-bond acceptors (Lipinski definition) is 5. The lowest BCUT2D eigenvalue weighted by atomic mass is 10.1. The van der Waals surface area contributed by atoms with Crippen molar-refractivity contribution in [2.75, 3.05) is 13.7 Å².